The first-order valence-electron chi connectivity index (χ1n) is 7.22. The zero-order valence-corrected chi connectivity index (χ0v) is 13.9. The predicted molar refractivity (Wildman–Crippen MR) is 84.7 cm³/mol. The van der Waals surface area contributed by atoms with Crippen molar-refractivity contribution in [3.05, 3.63) is 35.9 Å². The van der Waals surface area contributed by atoms with E-state index in [9.17, 15) is 27.9 Å². The van der Waals surface area contributed by atoms with Gasteiger partial charge in [0.05, 0.1) is 12.2 Å². The highest BCUT2D eigenvalue weighted by Crippen LogP contribution is 2.13. The maximum atomic E-state index is 12.4. The Balaban J connectivity index is 3.05. The van der Waals surface area contributed by atoms with Gasteiger partial charge in [-0.25, -0.2) is 4.79 Å². The van der Waals surface area contributed by atoms with Crippen molar-refractivity contribution in [3.63, 3.8) is 0 Å². The number of carbonyl (C=O) groups excluding carboxylic acids is 2. The molecule has 0 heterocycles. The first-order valence-corrected chi connectivity index (χ1v) is 8.83. The Bertz CT molecular complexity index is 700. The summed E-state index contributed by atoms with van der Waals surface area (Å²) in [7, 11) is -4.42. The Kier molecular flexibility index (Phi) is 7.05. The molecule has 2 N–H and O–H groups in total. The van der Waals surface area contributed by atoms with E-state index < -0.39 is 46.1 Å². The van der Waals surface area contributed by atoms with E-state index in [1.807, 2.05) is 0 Å². The summed E-state index contributed by atoms with van der Waals surface area (Å²) in [6.07, 6.45) is -0.890. The fraction of sp³-hybridized carbons (Fsp3) is 0.400. The number of rotatable bonds is 8. The number of carboxylic acid groups (broad SMARTS) is 1. The molecule has 1 aromatic rings. The smallest absolute Gasteiger partial charge is 0.326 e. The van der Waals surface area contributed by atoms with Crippen LogP contribution in [0.5, 0.6) is 0 Å². The number of carbonyl (C=O) groups is 3. The molecule has 0 aliphatic rings. The molecule has 1 aromatic carbocycles. The van der Waals surface area contributed by atoms with E-state index in [1.54, 1.807) is 30.3 Å². The summed E-state index contributed by atoms with van der Waals surface area (Å²) < 4.78 is 30.5. The molecule has 9 heteroatoms. The molecular formula is C15H19NO7S. The molecule has 0 saturated heterocycles. The first-order chi connectivity index (χ1) is 11.2. The molecule has 0 aliphatic heterocycles. The first kappa shape index (κ1) is 19.8. The van der Waals surface area contributed by atoms with Crippen LogP contribution in [-0.4, -0.2) is 52.6 Å². The average molecular weight is 357 g/mol. The highest BCUT2D eigenvalue weighted by atomic mass is 32.2. The van der Waals surface area contributed by atoms with Gasteiger partial charge in [0, 0.05) is 6.42 Å². The molecule has 0 radical (unpaired) electrons. The Morgan fingerprint density at radius 1 is 1.12 bits per heavy atom. The second-order valence-corrected chi connectivity index (χ2v) is 6.67. The van der Waals surface area contributed by atoms with E-state index in [2.05, 4.69) is 0 Å². The highest BCUT2D eigenvalue weighted by Gasteiger charge is 2.34. The number of hydrogen-bond acceptors (Lipinski definition) is 5. The summed E-state index contributed by atoms with van der Waals surface area (Å²) >= 11 is 0. The summed E-state index contributed by atoms with van der Waals surface area (Å²) in [6, 6.07) is 6.79. The van der Waals surface area contributed by atoms with Gasteiger partial charge < -0.3 is 5.11 Å². The zero-order chi connectivity index (χ0) is 18.3. The highest BCUT2D eigenvalue weighted by molar-refractivity contribution is 7.85. The van der Waals surface area contributed by atoms with Crippen LogP contribution in [0.1, 0.15) is 25.3 Å². The van der Waals surface area contributed by atoms with Gasteiger partial charge in [0.2, 0.25) is 11.8 Å². The molecule has 1 atom stereocenters. The zero-order valence-electron chi connectivity index (χ0n) is 13.1. The third-order valence-corrected chi connectivity index (χ3v) is 4.04. The van der Waals surface area contributed by atoms with Crippen LogP contribution in [0.15, 0.2) is 30.3 Å². The Morgan fingerprint density at radius 2 is 1.71 bits per heavy atom. The van der Waals surface area contributed by atoms with Crippen molar-refractivity contribution in [3.8, 4) is 0 Å². The number of carboxylic acids is 1. The fourth-order valence-electron chi connectivity index (χ4n) is 2.14. The lowest BCUT2D eigenvalue weighted by Crippen LogP contribution is -2.49. The molecule has 0 spiro atoms. The van der Waals surface area contributed by atoms with Gasteiger partial charge in [0.25, 0.3) is 10.1 Å². The van der Waals surface area contributed by atoms with Crippen LogP contribution in [0.25, 0.3) is 0 Å². The van der Waals surface area contributed by atoms with E-state index >= 15 is 0 Å². The maximum Gasteiger partial charge on any atom is 0.326 e. The quantitative estimate of drug-likeness (QED) is 0.656. The number of amides is 2. The summed E-state index contributed by atoms with van der Waals surface area (Å²) in [6.45, 7) is 1.47. The van der Waals surface area contributed by atoms with Gasteiger partial charge >= 0.3 is 5.97 Å². The van der Waals surface area contributed by atoms with Crippen LogP contribution in [0.3, 0.4) is 0 Å². The fourth-order valence-corrected chi connectivity index (χ4v) is 2.66. The standard InChI is InChI=1S/C15H19NO7S/c1-2-13(17)16(12(15(19)20)8-9-24(21,22)23)14(18)10-11-6-4-3-5-7-11/h3-7,12H,2,8-10H2,1H3,(H,19,20)(H,21,22,23)/t12-/m0/s1. The summed E-state index contributed by atoms with van der Waals surface area (Å²) in [5, 5.41) is 9.28. The number of imide groups is 1. The second kappa shape index (κ2) is 8.55. The average Bonchev–Trinajstić information content (AvgIpc) is 2.50. The normalized spacial score (nSPS) is 12.4. The van der Waals surface area contributed by atoms with Crippen molar-refractivity contribution in [2.45, 2.75) is 32.2 Å². The topological polar surface area (TPSA) is 129 Å². The SMILES string of the molecule is CCC(=O)N(C(=O)Cc1ccccc1)[C@@H](CCS(=O)(=O)O)C(=O)O. The number of benzene rings is 1. The molecule has 2 amide bonds. The Labute approximate surface area is 139 Å². The second-order valence-electron chi connectivity index (χ2n) is 5.10. The van der Waals surface area contributed by atoms with Gasteiger partial charge in [-0.3, -0.25) is 19.0 Å². The third-order valence-electron chi connectivity index (χ3n) is 3.28. The molecular weight excluding hydrogens is 338 g/mol. The largest absolute Gasteiger partial charge is 0.480 e. The van der Waals surface area contributed by atoms with Crippen LogP contribution in [-0.2, 0) is 30.9 Å². The van der Waals surface area contributed by atoms with E-state index in [0.717, 1.165) is 0 Å². The van der Waals surface area contributed by atoms with Crippen molar-refractivity contribution < 1.29 is 32.5 Å². The number of aliphatic carboxylic acids is 1. The third kappa shape index (κ3) is 6.09. The molecule has 0 fully saturated rings. The molecule has 0 bridgehead atoms. The van der Waals surface area contributed by atoms with Crippen molar-refractivity contribution in [1.29, 1.82) is 0 Å². The molecule has 0 unspecified atom stereocenters. The van der Waals surface area contributed by atoms with Crippen molar-refractivity contribution >= 4 is 27.9 Å². The predicted octanol–water partition coefficient (Wildman–Crippen LogP) is 0.725. The van der Waals surface area contributed by atoms with Crippen LogP contribution < -0.4 is 0 Å². The number of hydrogen-bond donors (Lipinski definition) is 2. The van der Waals surface area contributed by atoms with Gasteiger partial charge in [-0.1, -0.05) is 37.3 Å². The monoisotopic (exact) mass is 357 g/mol. The molecule has 8 nitrogen and oxygen atoms in total. The van der Waals surface area contributed by atoms with Crippen molar-refractivity contribution in [1.82, 2.24) is 4.90 Å². The molecule has 0 aliphatic carbocycles. The van der Waals surface area contributed by atoms with Gasteiger partial charge in [-0.05, 0) is 12.0 Å². The Hall–Kier alpha value is -2.26. The van der Waals surface area contributed by atoms with Gasteiger partial charge in [0.15, 0.2) is 0 Å². The maximum absolute atomic E-state index is 12.4. The summed E-state index contributed by atoms with van der Waals surface area (Å²) in [5.41, 5.74) is 0.593. The van der Waals surface area contributed by atoms with Crippen molar-refractivity contribution in [2.24, 2.45) is 0 Å². The lowest BCUT2D eigenvalue weighted by molar-refractivity contribution is -0.157. The minimum Gasteiger partial charge on any atom is -0.480 e. The van der Waals surface area contributed by atoms with Crippen LogP contribution in [0.2, 0.25) is 0 Å². The lowest BCUT2D eigenvalue weighted by Gasteiger charge is -2.27. The minimum atomic E-state index is -4.42. The Morgan fingerprint density at radius 3 is 2.17 bits per heavy atom. The minimum absolute atomic E-state index is 0.115. The summed E-state index contributed by atoms with van der Waals surface area (Å²) in [5.74, 6) is -3.84. The van der Waals surface area contributed by atoms with Crippen LogP contribution in [0.4, 0.5) is 0 Å². The van der Waals surface area contributed by atoms with Gasteiger partial charge in [0.1, 0.15) is 6.04 Å². The molecule has 1 rings (SSSR count). The number of nitrogens with zero attached hydrogens (tertiary/aromatic N) is 1. The van der Waals surface area contributed by atoms with E-state index in [4.69, 9.17) is 4.55 Å². The van der Waals surface area contributed by atoms with Crippen LogP contribution in [0, 0.1) is 0 Å². The van der Waals surface area contributed by atoms with Gasteiger partial charge in [-0.15, -0.1) is 0 Å². The van der Waals surface area contributed by atoms with Gasteiger partial charge in [-0.2, -0.15) is 8.42 Å². The lowest BCUT2D eigenvalue weighted by atomic mass is 10.1. The van der Waals surface area contributed by atoms with E-state index in [0.29, 0.717) is 10.5 Å². The summed E-state index contributed by atoms with van der Waals surface area (Å²) in [4.78, 5) is 36.4. The molecule has 24 heavy (non-hydrogen) atoms. The molecule has 132 valence electrons. The molecule has 0 aromatic heterocycles. The van der Waals surface area contributed by atoms with Crippen molar-refractivity contribution in [2.75, 3.05) is 5.75 Å². The molecule has 0 saturated carbocycles. The van der Waals surface area contributed by atoms with E-state index in [-0.39, 0.29) is 12.8 Å². The van der Waals surface area contributed by atoms with Crippen LogP contribution >= 0.6 is 0 Å². The van der Waals surface area contributed by atoms with E-state index in [1.165, 1.54) is 6.92 Å².